The molecule has 1 rings (SSSR count). The number of ether oxygens (including phenoxy) is 2. The van der Waals surface area contributed by atoms with Crippen LogP contribution in [-0.4, -0.2) is 18.5 Å². The predicted octanol–water partition coefficient (Wildman–Crippen LogP) is 1.17. The third kappa shape index (κ3) is 36.1. The molecule has 0 unspecified atom stereocenters. The SMILES string of the molecule is C#CCOC(=O)c1ccccc1OC(C)=O.[C-]#[O+].[C-]#[O+].[C-]#[O+].[C-]#[O+].[C-]#[O+].[C-]#[O+].[Co].[Co]. The molecule has 0 spiro atoms. The number of terminal acetylenes is 1. The van der Waals surface area contributed by atoms with Crippen LogP contribution in [0.1, 0.15) is 17.3 Å². The molecular weight excluding hydrogens is 494 g/mol. The molecule has 0 aromatic heterocycles. The van der Waals surface area contributed by atoms with Gasteiger partial charge >= 0.3 is 79.8 Å². The van der Waals surface area contributed by atoms with Crippen LogP contribution in [0.4, 0.5) is 0 Å². The molecule has 1 aromatic carbocycles. The second-order valence-electron chi connectivity index (χ2n) is 2.87. The first kappa shape index (κ1) is 50.6. The zero-order chi connectivity index (χ0) is 24.0. The van der Waals surface area contributed by atoms with Gasteiger partial charge in [-0.15, -0.1) is 6.42 Å². The van der Waals surface area contributed by atoms with Gasteiger partial charge in [0.2, 0.25) is 0 Å². The molecule has 2 radical (unpaired) electrons. The molecule has 0 atom stereocenters. The van der Waals surface area contributed by atoms with Crippen LogP contribution in [0.15, 0.2) is 24.3 Å². The van der Waals surface area contributed by atoms with E-state index in [1.54, 1.807) is 12.1 Å². The molecule has 0 heterocycles. The average Bonchev–Trinajstić information content (AvgIpc) is 2.80. The van der Waals surface area contributed by atoms with Crippen molar-refractivity contribution in [1.82, 2.24) is 0 Å². The first-order valence-electron chi connectivity index (χ1n) is 5.75. The summed E-state index contributed by atoms with van der Waals surface area (Å²) in [6, 6.07) is 6.29. The van der Waals surface area contributed by atoms with E-state index >= 15 is 0 Å². The first-order valence-corrected chi connectivity index (χ1v) is 5.75. The number of rotatable bonds is 3. The van der Waals surface area contributed by atoms with E-state index in [-0.39, 0.29) is 51.5 Å². The minimum Gasteiger partial charge on any atom is 0 e. The summed E-state index contributed by atoms with van der Waals surface area (Å²) >= 11 is 0. The summed E-state index contributed by atoms with van der Waals surface area (Å²) in [6.45, 7) is 28.1. The molecule has 0 amide bonds. The van der Waals surface area contributed by atoms with Gasteiger partial charge in [0, 0.05) is 40.5 Å². The van der Waals surface area contributed by atoms with Gasteiger partial charge in [0.1, 0.15) is 11.3 Å². The van der Waals surface area contributed by atoms with E-state index in [9.17, 15) is 9.59 Å². The van der Waals surface area contributed by atoms with E-state index in [2.05, 4.69) is 45.8 Å². The fraction of sp³-hybridized carbons (Fsp3) is 0.111. The number of carbonyl (C=O) groups is 2. The summed E-state index contributed by atoms with van der Waals surface area (Å²) in [4.78, 5) is 22.3. The predicted molar refractivity (Wildman–Crippen MR) is 80.4 cm³/mol. The fourth-order valence-corrected chi connectivity index (χ4v) is 1.06. The van der Waals surface area contributed by atoms with Crippen molar-refractivity contribution in [2.75, 3.05) is 6.61 Å². The van der Waals surface area contributed by atoms with Gasteiger partial charge < -0.3 is 9.47 Å². The monoisotopic (exact) mass is 504 g/mol. The Balaban J connectivity index is -0.0000000498. The number of hydrogen-bond donors (Lipinski definition) is 0. The Morgan fingerprint density at radius 1 is 0.867 bits per heavy atom. The van der Waals surface area contributed by atoms with Crippen LogP contribution in [0.3, 0.4) is 0 Å². The summed E-state index contributed by atoms with van der Waals surface area (Å²) in [5, 5.41) is 0. The second-order valence-corrected chi connectivity index (χ2v) is 2.87. The second kappa shape index (κ2) is 56.2. The van der Waals surface area contributed by atoms with Crippen molar-refractivity contribution in [3.8, 4) is 18.1 Å². The van der Waals surface area contributed by atoms with Crippen LogP contribution in [0.5, 0.6) is 5.75 Å². The summed E-state index contributed by atoms with van der Waals surface area (Å²) in [5.74, 6) is 1.22. The van der Waals surface area contributed by atoms with Gasteiger partial charge in [-0.2, -0.15) is 0 Å². The maximum absolute atomic E-state index is 11.5. The number of benzene rings is 1. The van der Waals surface area contributed by atoms with E-state index in [0.29, 0.717) is 0 Å². The van der Waals surface area contributed by atoms with Crippen molar-refractivity contribution < 1.29 is 80.5 Å². The molecule has 30 heavy (non-hydrogen) atoms. The first-order chi connectivity index (χ1) is 13.6. The Bertz CT molecular complexity index is 648. The zero-order valence-corrected chi connectivity index (χ0v) is 16.9. The van der Waals surface area contributed by atoms with Crippen molar-refractivity contribution in [3.63, 3.8) is 0 Å². The maximum atomic E-state index is 11.5. The molecule has 0 aliphatic heterocycles. The van der Waals surface area contributed by atoms with Gasteiger partial charge in [0.25, 0.3) is 0 Å². The van der Waals surface area contributed by atoms with E-state index in [4.69, 9.17) is 43.8 Å². The molecule has 0 aliphatic rings. The van der Waals surface area contributed by atoms with Gasteiger partial charge in [-0.25, -0.2) is 4.79 Å². The van der Waals surface area contributed by atoms with Crippen molar-refractivity contribution in [2.24, 2.45) is 0 Å². The molecule has 0 bridgehead atoms. The average molecular weight is 504 g/mol. The Morgan fingerprint density at radius 2 is 1.23 bits per heavy atom. The Morgan fingerprint density at radius 3 is 1.57 bits per heavy atom. The van der Waals surface area contributed by atoms with Gasteiger partial charge in [-0.1, -0.05) is 18.1 Å². The Kier molecular flexibility index (Phi) is 94.9. The van der Waals surface area contributed by atoms with Crippen molar-refractivity contribution in [2.45, 2.75) is 6.92 Å². The van der Waals surface area contributed by atoms with E-state index in [0.717, 1.165) is 0 Å². The van der Waals surface area contributed by atoms with Crippen LogP contribution < -0.4 is 4.74 Å². The molecule has 0 saturated heterocycles. The molecule has 160 valence electrons. The van der Waals surface area contributed by atoms with Crippen LogP contribution in [-0.2, 0) is 71.0 Å². The third-order valence-electron chi connectivity index (χ3n) is 1.65. The molecule has 0 fully saturated rings. The topological polar surface area (TPSA) is 172 Å². The Hall–Kier alpha value is -2.83. The van der Waals surface area contributed by atoms with Crippen LogP contribution in [0, 0.1) is 52.2 Å². The van der Waals surface area contributed by atoms with Gasteiger partial charge in [-0.3, -0.25) is 4.79 Å². The number of para-hydroxylation sites is 1. The van der Waals surface area contributed by atoms with Gasteiger partial charge in [0.15, 0.2) is 6.61 Å². The molecule has 12 heteroatoms. The molecule has 0 aliphatic carbocycles. The Labute approximate surface area is 193 Å². The smallest absolute Gasteiger partial charge is 0 e. The molecular formula is C18H10Co2O10. The number of hydrogen-bond acceptors (Lipinski definition) is 4. The van der Waals surface area contributed by atoms with Crippen LogP contribution in [0.2, 0.25) is 0 Å². The van der Waals surface area contributed by atoms with Crippen LogP contribution >= 0.6 is 0 Å². The third-order valence-corrected chi connectivity index (χ3v) is 1.65. The van der Waals surface area contributed by atoms with Crippen molar-refractivity contribution in [1.29, 1.82) is 0 Å². The van der Waals surface area contributed by atoms with Gasteiger partial charge in [0.05, 0.1) is 0 Å². The summed E-state index contributed by atoms with van der Waals surface area (Å²) in [5.41, 5.74) is 0.174. The summed E-state index contributed by atoms with van der Waals surface area (Å²) < 4.78 is 54.6. The van der Waals surface area contributed by atoms with E-state index < -0.39 is 11.9 Å². The normalized spacial score (nSPS) is 5.20. The molecule has 10 nitrogen and oxygen atoms in total. The zero-order valence-electron chi connectivity index (χ0n) is 14.8. The summed E-state index contributed by atoms with van der Waals surface area (Å²) in [7, 11) is 0. The van der Waals surface area contributed by atoms with Gasteiger partial charge in [-0.05, 0) is 12.1 Å². The number of esters is 2. The molecule has 0 N–H and O–H groups in total. The van der Waals surface area contributed by atoms with Crippen LogP contribution in [0.25, 0.3) is 0 Å². The number of carbonyl (C=O) groups excluding carboxylic acids is 2. The molecule has 1 aromatic rings. The van der Waals surface area contributed by atoms with Crippen molar-refractivity contribution in [3.05, 3.63) is 69.7 Å². The van der Waals surface area contributed by atoms with E-state index in [1.165, 1.54) is 19.1 Å². The quantitative estimate of drug-likeness (QED) is 0.198. The molecule has 0 saturated carbocycles. The minimum atomic E-state index is -0.616. The fourth-order valence-electron chi connectivity index (χ4n) is 1.06. The van der Waals surface area contributed by atoms with Crippen molar-refractivity contribution >= 4 is 11.9 Å². The minimum absolute atomic E-state index is 0. The largest absolute Gasteiger partial charge is 0 e. The standard InChI is InChI=1S/C12H10O4.6CO.2Co/c1-3-8-15-12(14)10-6-4-5-7-11(10)16-9(2)13;6*1-2;;/h1,4-7H,8H2,2H3;;;;;;;;. The van der Waals surface area contributed by atoms with E-state index in [1.807, 2.05) is 0 Å². The summed E-state index contributed by atoms with van der Waals surface area (Å²) in [6.07, 6.45) is 4.96. The maximum Gasteiger partial charge on any atom is 0 e.